The number of hydrogen-bond donors (Lipinski definition) is 2. The molecule has 2 N–H and O–H groups in total. The summed E-state index contributed by atoms with van der Waals surface area (Å²) >= 11 is 0. The van der Waals surface area contributed by atoms with Crippen LogP contribution in [0.15, 0.2) is 12.2 Å². The zero-order valence-electron chi connectivity index (χ0n) is 16.9. The van der Waals surface area contributed by atoms with Crippen LogP contribution in [0, 0.1) is 34.0 Å². The quantitative estimate of drug-likeness (QED) is 0.525. The Morgan fingerprint density at radius 3 is 2.71 bits per heavy atom. The molecule has 4 bridgehead atoms. The number of esters is 1. The number of ketones is 1. The maximum atomic E-state index is 13.5. The molecule has 0 aromatic carbocycles. The molecule has 2 spiro atoms. The number of carbonyl (C=O) groups is 2. The fourth-order valence-electron chi connectivity index (χ4n) is 8.24. The lowest BCUT2D eigenvalue weighted by Crippen LogP contribution is -2.83. The Hall–Kier alpha value is -1.24. The number of hydrogen-bond acceptors (Lipinski definition) is 6. The van der Waals surface area contributed by atoms with E-state index in [2.05, 4.69) is 20.4 Å². The second-order valence-electron chi connectivity index (χ2n) is 10.6. The van der Waals surface area contributed by atoms with Crippen molar-refractivity contribution in [1.29, 1.82) is 0 Å². The lowest BCUT2D eigenvalue weighted by Gasteiger charge is -2.73. The van der Waals surface area contributed by atoms with E-state index in [0.717, 1.165) is 19.3 Å². The standard InChI is InChI=1S/C22H30O6/c1-11-13-8-14(24)15-20-7-5-6-19(3,4)16(20)18(28-12(2)23)22(26,27-10-20)21(15,9-13)17(11)25/h13,15-18,25-26H,1,5-10H2,2-4H3/t13-,15+,16-,17-,18+,20-,21+,22-/m1/s1. The van der Waals surface area contributed by atoms with Gasteiger partial charge in [-0.3, -0.25) is 9.59 Å². The molecule has 4 aliphatic carbocycles. The van der Waals surface area contributed by atoms with Crippen molar-refractivity contribution >= 4 is 11.8 Å². The summed E-state index contributed by atoms with van der Waals surface area (Å²) in [5, 5.41) is 23.3. The van der Waals surface area contributed by atoms with E-state index in [1.54, 1.807) is 0 Å². The normalized spacial score (nSPS) is 53.5. The third kappa shape index (κ3) is 1.81. The third-order valence-electron chi connectivity index (χ3n) is 8.94. The highest BCUT2D eigenvalue weighted by Crippen LogP contribution is 2.77. The van der Waals surface area contributed by atoms with Crippen LogP contribution in [0.1, 0.15) is 52.9 Å². The Bertz CT molecular complexity index is 788. The number of Topliss-reactive ketones (excluding diaryl/α,β-unsaturated/α-hetero) is 1. The van der Waals surface area contributed by atoms with Crippen LogP contribution in [0.5, 0.6) is 0 Å². The summed E-state index contributed by atoms with van der Waals surface area (Å²) in [5.74, 6) is -3.13. The van der Waals surface area contributed by atoms with Crippen LogP contribution in [0.2, 0.25) is 0 Å². The summed E-state index contributed by atoms with van der Waals surface area (Å²) in [5.41, 5.74) is -1.35. The average Bonchev–Trinajstić information content (AvgIpc) is 2.78. The molecule has 28 heavy (non-hydrogen) atoms. The van der Waals surface area contributed by atoms with Crippen LogP contribution in [0.4, 0.5) is 0 Å². The molecule has 2 saturated heterocycles. The zero-order chi connectivity index (χ0) is 20.3. The van der Waals surface area contributed by atoms with Crippen molar-refractivity contribution < 1.29 is 29.3 Å². The maximum absolute atomic E-state index is 13.5. The van der Waals surface area contributed by atoms with Gasteiger partial charge >= 0.3 is 5.97 Å². The van der Waals surface area contributed by atoms with Crippen molar-refractivity contribution in [2.45, 2.75) is 70.9 Å². The van der Waals surface area contributed by atoms with Crippen molar-refractivity contribution in [2.75, 3.05) is 6.61 Å². The summed E-state index contributed by atoms with van der Waals surface area (Å²) < 4.78 is 11.9. The van der Waals surface area contributed by atoms with Gasteiger partial charge in [0.05, 0.1) is 18.1 Å². The van der Waals surface area contributed by atoms with E-state index in [4.69, 9.17) is 9.47 Å². The van der Waals surface area contributed by atoms with Crippen LogP contribution in [0.25, 0.3) is 0 Å². The Morgan fingerprint density at radius 2 is 2.04 bits per heavy atom. The zero-order valence-corrected chi connectivity index (χ0v) is 16.9. The lowest BCUT2D eigenvalue weighted by molar-refractivity contribution is -0.448. The predicted molar refractivity (Wildman–Crippen MR) is 98.8 cm³/mol. The number of rotatable bonds is 1. The first-order valence-corrected chi connectivity index (χ1v) is 10.4. The second-order valence-corrected chi connectivity index (χ2v) is 10.6. The minimum Gasteiger partial charge on any atom is -0.456 e. The van der Waals surface area contributed by atoms with Gasteiger partial charge in [-0.2, -0.15) is 0 Å². The fourth-order valence-corrected chi connectivity index (χ4v) is 8.24. The van der Waals surface area contributed by atoms with Gasteiger partial charge in [0.15, 0.2) is 6.10 Å². The molecule has 4 saturated carbocycles. The van der Waals surface area contributed by atoms with Gasteiger partial charge in [0.2, 0.25) is 5.79 Å². The molecule has 6 aliphatic rings. The SMILES string of the molecule is C=C1[C@@H]2CC(=O)[C@H]3[C@]45CCCC(C)(C)[C@H]4[C@H](OC(C)=O)[C@@](O)(OC5)[C@]3(C2)[C@@H]1O. The van der Waals surface area contributed by atoms with Gasteiger partial charge in [-0.05, 0) is 36.2 Å². The van der Waals surface area contributed by atoms with Crippen LogP contribution in [0.3, 0.4) is 0 Å². The number of carbonyl (C=O) groups excluding carboxylic acids is 2. The first-order valence-electron chi connectivity index (χ1n) is 10.4. The van der Waals surface area contributed by atoms with E-state index in [9.17, 15) is 19.8 Å². The topological polar surface area (TPSA) is 93.1 Å². The summed E-state index contributed by atoms with van der Waals surface area (Å²) in [6.45, 7) is 9.91. The highest BCUT2D eigenvalue weighted by Gasteiger charge is 2.85. The minimum absolute atomic E-state index is 0.0969. The van der Waals surface area contributed by atoms with Crippen molar-refractivity contribution in [1.82, 2.24) is 0 Å². The molecule has 6 fully saturated rings. The summed E-state index contributed by atoms with van der Waals surface area (Å²) in [6, 6.07) is 0. The molecule has 0 aromatic rings. The third-order valence-corrected chi connectivity index (χ3v) is 8.94. The van der Waals surface area contributed by atoms with Crippen LogP contribution < -0.4 is 0 Å². The average molecular weight is 390 g/mol. The maximum Gasteiger partial charge on any atom is 0.303 e. The van der Waals surface area contributed by atoms with Gasteiger partial charge in [-0.25, -0.2) is 0 Å². The Labute approximate surface area is 165 Å². The van der Waals surface area contributed by atoms with Gasteiger partial charge in [0, 0.05) is 30.6 Å². The Kier molecular flexibility index (Phi) is 3.53. The van der Waals surface area contributed by atoms with Crippen LogP contribution in [-0.2, 0) is 19.1 Å². The molecule has 2 heterocycles. The second kappa shape index (κ2) is 5.27. The smallest absolute Gasteiger partial charge is 0.303 e. The van der Waals surface area contributed by atoms with Gasteiger partial charge in [-0.1, -0.05) is 26.8 Å². The molecule has 6 heteroatoms. The fraction of sp³-hybridized carbons (Fsp3) is 0.818. The van der Waals surface area contributed by atoms with Crippen molar-refractivity contribution in [3.8, 4) is 0 Å². The molecule has 0 radical (unpaired) electrons. The van der Waals surface area contributed by atoms with Gasteiger partial charge in [-0.15, -0.1) is 0 Å². The predicted octanol–water partition coefficient (Wildman–Crippen LogP) is 1.98. The molecule has 6 rings (SSSR count). The Balaban J connectivity index is 1.79. The van der Waals surface area contributed by atoms with E-state index in [1.807, 2.05) is 0 Å². The molecule has 0 unspecified atom stereocenters. The van der Waals surface area contributed by atoms with Gasteiger partial charge in [0.1, 0.15) is 5.78 Å². The van der Waals surface area contributed by atoms with E-state index in [0.29, 0.717) is 18.4 Å². The molecule has 6 nitrogen and oxygen atoms in total. The molecule has 154 valence electrons. The van der Waals surface area contributed by atoms with Crippen LogP contribution in [-0.4, -0.2) is 46.6 Å². The highest BCUT2D eigenvalue weighted by atomic mass is 16.7. The molecule has 0 aromatic heterocycles. The number of ether oxygens (including phenoxy) is 2. The monoisotopic (exact) mass is 390 g/mol. The van der Waals surface area contributed by atoms with Crippen molar-refractivity contribution in [2.24, 2.45) is 34.0 Å². The minimum atomic E-state index is -1.89. The van der Waals surface area contributed by atoms with Crippen molar-refractivity contribution in [3.05, 3.63) is 12.2 Å². The summed E-state index contributed by atoms with van der Waals surface area (Å²) in [4.78, 5) is 25.5. The van der Waals surface area contributed by atoms with Crippen molar-refractivity contribution in [3.63, 3.8) is 0 Å². The lowest BCUT2D eigenvalue weighted by atomic mass is 9.36. The van der Waals surface area contributed by atoms with Crippen LogP contribution >= 0.6 is 0 Å². The van der Waals surface area contributed by atoms with E-state index in [1.165, 1.54) is 6.92 Å². The molecular formula is C22H30O6. The van der Waals surface area contributed by atoms with Gasteiger partial charge < -0.3 is 19.7 Å². The number of aliphatic hydroxyl groups excluding tert-OH is 1. The molecule has 2 aliphatic heterocycles. The number of aliphatic hydroxyl groups is 2. The first-order chi connectivity index (χ1) is 13.0. The summed E-state index contributed by atoms with van der Waals surface area (Å²) in [6.07, 6.45) is 1.52. The van der Waals surface area contributed by atoms with E-state index < -0.39 is 40.7 Å². The first kappa shape index (κ1) is 18.8. The Morgan fingerprint density at radius 1 is 1.32 bits per heavy atom. The van der Waals surface area contributed by atoms with E-state index in [-0.39, 0.29) is 29.6 Å². The highest BCUT2D eigenvalue weighted by molar-refractivity contribution is 5.86. The molecular weight excluding hydrogens is 360 g/mol. The molecule has 8 atom stereocenters. The molecule has 0 amide bonds. The number of fused-ring (bicyclic) bond motifs is 2. The van der Waals surface area contributed by atoms with Gasteiger partial charge in [0.25, 0.3) is 0 Å². The van der Waals surface area contributed by atoms with E-state index >= 15 is 0 Å². The largest absolute Gasteiger partial charge is 0.456 e. The summed E-state index contributed by atoms with van der Waals surface area (Å²) in [7, 11) is 0.